The van der Waals surface area contributed by atoms with E-state index in [0.29, 0.717) is 18.7 Å². The highest BCUT2D eigenvalue weighted by molar-refractivity contribution is 5.95. The van der Waals surface area contributed by atoms with Crippen LogP contribution in [0.3, 0.4) is 0 Å². The smallest absolute Gasteiger partial charge is 0.254 e. The molecule has 2 rings (SSSR count). The van der Waals surface area contributed by atoms with Crippen LogP contribution in [0.2, 0.25) is 0 Å². The molecule has 104 valence electrons. The molecule has 0 bridgehead atoms. The maximum absolute atomic E-state index is 12.5. The number of morpholine rings is 1. The van der Waals surface area contributed by atoms with Crippen LogP contribution in [0.25, 0.3) is 0 Å². The Morgan fingerprint density at radius 2 is 2.00 bits per heavy atom. The number of carbonyl (C=O) groups excluding carboxylic acids is 1. The first kappa shape index (κ1) is 13.8. The van der Waals surface area contributed by atoms with Gasteiger partial charge in [-0.2, -0.15) is 0 Å². The summed E-state index contributed by atoms with van der Waals surface area (Å²) in [6, 6.07) is 5.49. The number of carbonyl (C=O) groups is 1. The van der Waals surface area contributed by atoms with Crippen molar-refractivity contribution >= 4 is 11.6 Å². The highest BCUT2D eigenvalue weighted by Crippen LogP contribution is 2.19. The van der Waals surface area contributed by atoms with Gasteiger partial charge in [0.15, 0.2) is 0 Å². The van der Waals surface area contributed by atoms with E-state index in [0.717, 1.165) is 11.3 Å². The number of anilines is 1. The molecule has 0 unspecified atom stereocenters. The van der Waals surface area contributed by atoms with Crippen molar-refractivity contribution < 1.29 is 9.53 Å². The number of amides is 1. The molecule has 1 aliphatic heterocycles. The van der Waals surface area contributed by atoms with Gasteiger partial charge in [0.25, 0.3) is 5.91 Å². The summed E-state index contributed by atoms with van der Waals surface area (Å²) in [4.78, 5) is 14.3. The average Bonchev–Trinajstić information content (AvgIpc) is 2.36. The third-order valence-corrected chi connectivity index (χ3v) is 3.34. The molecule has 1 heterocycles. The normalized spacial score (nSPS) is 23.3. The summed E-state index contributed by atoms with van der Waals surface area (Å²) in [5.74, 6) is 5.44. The van der Waals surface area contributed by atoms with Crippen LogP contribution in [0.1, 0.15) is 29.8 Å². The van der Waals surface area contributed by atoms with Crippen LogP contribution < -0.4 is 11.3 Å². The fraction of sp³-hybridized carbons (Fsp3) is 0.500. The third kappa shape index (κ3) is 3.05. The quantitative estimate of drug-likeness (QED) is 0.627. The fourth-order valence-corrected chi connectivity index (χ4v) is 2.48. The van der Waals surface area contributed by atoms with E-state index in [4.69, 9.17) is 10.6 Å². The first-order valence-electron chi connectivity index (χ1n) is 6.53. The molecule has 0 spiro atoms. The Bertz CT molecular complexity index is 466. The highest BCUT2D eigenvalue weighted by atomic mass is 16.5. The molecule has 2 atom stereocenters. The van der Waals surface area contributed by atoms with E-state index in [1.165, 1.54) is 0 Å². The molecule has 0 aromatic heterocycles. The van der Waals surface area contributed by atoms with Gasteiger partial charge in [0.05, 0.1) is 17.9 Å². The number of aryl methyl sites for hydroxylation is 1. The topological polar surface area (TPSA) is 67.6 Å². The van der Waals surface area contributed by atoms with Gasteiger partial charge < -0.3 is 15.1 Å². The van der Waals surface area contributed by atoms with Crippen molar-refractivity contribution in [2.24, 2.45) is 5.84 Å². The number of rotatable bonds is 2. The van der Waals surface area contributed by atoms with Gasteiger partial charge in [-0.3, -0.25) is 10.6 Å². The summed E-state index contributed by atoms with van der Waals surface area (Å²) in [5.41, 5.74) is 5.10. The van der Waals surface area contributed by atoms with Crippen LogP contribution in [-0.4, -0.2) is 36.1 Å². The van der Waals surface area contributed by atoms with E-state index in [1.54, 1.807) is 6.07 Å². The van der Waals surface area contributed by atoms with Gasteiger partial charge in [0.2, 0.25) is 0 Å². The Morgan fingerprint density at radius 1 is 1.37 bits per heavy atom. The van der Waals surface area contributed by atoms with E-state index in [9.17, 15) is 4.79 Å². The predicted molar refractivity (Wildman–Crippen MR) is 74.9 cm³/mol. The number of nitrogens with one attached hydrogen (secondary N) is 1. The monoisotopic (exact) mass is 263 g/mol. The van der Waals surface area contributed by atoms with Crippen molar-refractivity contribution in [3.05, 3.63) is 29.3 Å². The summed E-state index contributed by atoms with van der Waals surface area (Å²) >= 11 is 0. The number of hydrogen-bond acceptors (Lipinski definition) is 4. The van der Waals surface area contributed by atoms with E-state index in [1.807, 2.05) is 37.8 Å². The second-order valence-electron chi connectivity index (χ2n) is 5.14. The van der Waals surface area contributed by atoms with Crippen LogP contribution in [0.5, 0.6) is 0 Å². The Hall–Kier alpha value is -1.59. The molecule has 0 aliphatic carbocycles. The van der Waals surface area contributed by atoms with Crippen LogP contribution in [0, 0.1) is 6.92 Å². The number of nitrogen functional groups attached to an aromatic ring is 1. The van der Waals surface area contributed by atoms with Crippen LogP contribution in [0.15, 0.2) is 18.2 Å². The largest absolute Gasteiger partial charge is 0.372 e. The number of ether oxygens (including phenoxy) is 1. The second-order valence-corrected chi connectivity index (χ2v) is 5.14. The minimum Gasteiger partial charge on any atom is -0.372 e. The summed E-state index contributed by atoms with van der Waals surface area (Å²) in [5, 5.41) is 0. The molecule has 1 aliphatic rings. The van der Waals surface area contributed by atoms with Gasteiger partial charge in [0.1, 0.15) is 0 Å². The van der Waals surface area contributed by atoms with E-state index in [2.05, 4.69) is 5.43 Å². The lowest BCUT2D eigenvalue weighted by atomic mass is 10.1. The third-order valence-electron chi connectivity index (χ3n) is 3.34. The minimum absolute atomic E-state index is 0.0497. The Kier molecular flexibility index (Phi) is 4.07. The summed E-state index contributed by atoms with van der Waals surface area (Å²) in [6.07, 6.45) is 0.164. The van der Waals surface area contributed by atoms with Crippen molar-refractivity contribution in [3.8, 4) is 0 Å². The summed E-state index contributed by atoms with van der Waals surface area (Å²) in [6.45, 7) is 7.18. The average molecular weight is 263 g/mol. The molecule has 0 radical (unpaired) electrons. The molecule has 5 heteroatoms. The lowest BCUT2D eigenvalue weighted by molar-refractivity contribution is -0.0586. The predicted octanol–water partition coefficient (Wildman–Crippen LogP) is 1.53. The van der Waals surface area contributed by atoms with E-state index >= 15 is 0 Å². The summed E-state index contributed by atoms with van der Waals surface area (Å²) < 4.78 is 5.64. The number of benzene rings is 1. The Labute approximate surface area is 113 Å². The van der Waals surface area contributed by atoms with Crippen molar-refractivity contribution in [1.82, 2.24) is 4.90 Å². The van der Waals surface area contributed by atoms with Gasteiger partial charge in [0, 0.05) is 18.7 Å². The molecule has 1 amide bonds. The zero-order valence-corrected chi connectivity index (χ0v) is 11.6. The number of nitrogens with two attached hydrogens (primary N) is 1. The lowest BCUT2D eigenvalue weighted by Crippen LogP contribution is -2.48. The van der Waals surface area contributed by atoms with Gasteiger partial charge in [-0.05, 0) is 44.5 Å². The molecular formula is C14H21N3O2. The number of hydrogen-bond donors (Lipinski definition) is 2. The molecule has 1 aromatic rings. The molecular weight excluding hydrogens is 242 g/mol. The van der Waals surface area contributed by atoms with Crippen LogP contribution in [-0.2, 0) is 4.74 Å². The van der Waals surface area contributed by atoms with E-state index < -0.39 is 0 Å². The highest BCUT2D eigenvalue weighted by Gasteiger charge is 2.26. The maximum Gasteiger partial charge on any atom is 0.254 e. The number of nitrogens with zero attached hydrogens (tertiary/aromatic N) is 1. The molecule has 3 N–H and O–H groups in total. The number of hydrazine groups is 1. The lowest BCUT2D eigenvalue weighted by Gasteiger charge is -2.35. The van der Waals surface area contributed by atoms with Crippen LogP contribution >= 0.6 is 0 Å². The Morgan fingerprint density at radius 3 is 2.53 bits per heavy atom. The Balaban J connectivity index is 2.17. The minimum atomic E-state index is 0.0497. The van der Waals surface area contributed by atoms with Crippen LogP contribution in [0.4, 0.5) is 5.69 Å². The van der Waals surface area contributed by atoms with Crippen molar-refractivity contribution in [3.63, 3.8) is 0 Å². The van der Waals surface area contributed by atoms with E-state index in [-0.39, 0.29) is 18.1 Å². The molecule has 19 heavy (non-hydrogen) atoms. The van der Waals surface area contributed by atoms with Gasteiger partial charge >= 0.3 is 0 Å². The molecule has 1 saturated heterocycles. The zero-order valence-electron chi connectivity index (χ0n) is 11.6. The molecule has 1 aromatic carbocycles. The first-order valence-corrected chi connectivity index (χ1v) is 6.53. The van der Waals surface area contributed by atoms with Crippen molar-refractivity contribution in [2.75, 3.05) is 18.5 Å². The van der Waals surface area contributed by atoms with Crippen molar-refractivity contribution in [2.45, 2.75) is 33.0 Å². The fourth-order valence-electron chi connectivity index (χ4n) is 2.48. The molecule has 1 fully saturated rings. The zero-order chi connectivity index (χ0) is 14.0. The standard InChI is InChI=1S/C14H21N3O2/c1-9-6-12(4-5-13(9)16-15)14(18)17-7-10(2)19-11(3)8-17/h4-6,10-11,16H,7-8,15H2,1-3H3/t10-,11+. The second kappa shape index (κ2) is 5.59. The first-order chi connectivity index (χ1) is 9.01. The maximum atomic E-state index is 12.5. The molecule has 0 saturated carbocycles. The summed E-state index contributed by atoms with van der Waals surface area (Å²) in [7, 11) is 0. The van der Waals surface area contributed by atoms with Gasteiger partial charge in [-0.1, -0.05) is 0 Å². The van der Waals surface area contributed by atoms with Gasteiger partial charge in [-0.25, -0.2) is 0 Å². The molecule has 5 nitrogen and oxygen atoms in total. The van der Waals surface area contributed by atoms with Crippen molar-refractivity contribution in [1.29, 1.82) is 0 Å². The van der Waals surface area contributed by atoms with Gasteiger partial charge in [-0.15, -0.1) is 0 Å². The SMILES string of the molecule is Cc1cc(C(=O)N2C[C@@H](C)O[C@@H](C)C2)ccc1NN.